The Labute approximate surface area is 174 Å². The third-order valence-corrected chi connectivity index (χ3v) is 5.73. The fraction of sp³-hybridized carbons (Fsp3) is 0.429. The summed E-state index contributed by atoms with van der Waals surface area (Å²) in [6.45, 7) is 3.20. The number of rotatable bonds is 5. The van der Waals surface area contributed by atoms with Crippen molar-refractivity contribution in [2.24, 2.45) is 0 Å². The van der Waals surface area contributed by atoms with Gasteiger partial charge in [-0.25, -0.2) is 15.0 Å². The number of piperidine rings is 1. The zero-order valence-corrected chi connectivity index (χ0v) is 17.1. The zero-order chi connectivity index (χ0) is 20.4. The van der Waals surface area contributed by atoms with Crippen molar-refractivity contribution in [2.75, 3.05) is 13.1 Å². The fourth-order valence-electron chi connectivity index (χ4n) is 3.93. The van der Waals surface area contributed by atoms with Crippen LogP contribution in [0.2, 0.25) is 5.02 Å². The van der Waals surface area contributed by atoms with Crippen LogP contribution < -0.4 is 0 Å². The van der Waals surface area contributed by atoms with Gasteiger partial charge in [0.1, 0.15) is 11.6 Å². The molecule has 0 spiro atoms. The molecule has 0 radical (unpaired) electrons. The number of carbonyl (C=O) groups excluding carboxylic acids is 1. The monoisotopic (exact) mass is 413 g/mol. The molecule has 0 saturated carbocycles. The summed E-state index contributed by atoms with van der Waals surface area (Å²) in [6, 6.07) is 5.53. The van der Waals surface area contributed by atoms with Crippen LogP contribution in [0.4, 0.5) is 0 Å². The number of likely N-dealkylation sites (tertiary alicyclic amines) is 1. The maximum atomic E-state index is 12.7. The highest BCUT2D eigenvalue weighted by Gasteiger charge is 2.26. The van der Waals surface area contributed by atoms with E-state index in [0.717, 1.165) is 41.0 Å². The van der Waals surface area contributed by atoms with E-state index in [-0.39, 0.29) is 18.4 Å². The van der Waals surface area contributed by atoms with E-state index in [2.05, 4.69) is 19.9 Å². The summed E-state index contributed by atoms with van der Waals surface area (Å²) in [4.78, 5) is 31.1. The molecule has 152 valence electrons. The number of aliphatic hydroxyl groups is 1. The van der Waals surface area contributed by atoms with Gasteiger partial charge in [-0.05, 0) is 38.0 Å². The molecule has 2 N–H and O–H groups in total. The molecule has 0 atom stereocenters. The van der Waals surface area contributed by atoms with E-state index >= 15 is 0 Å². The molecule has 7 nitrogen and oxygen atoms in total. The number of amides is 1. The molecule has 3 aromatic rings. The number of aromatic amines is 1. The molecule has 8 heteroatoms. The van der Waals surface area contributed by atoms with E-state index in [9.17, 15) is 9.90 Å². The van der Waals surface area contributed by atoms with E-state index in [1.807, 2.05) is 30.0 Å². The highest BCUT2D eigenvalue weighted by molar-refractivity contribution is 6.31. The molecule has 1 amide bonds. The van der Waals surface area contributed by atoms with Crippen molar-refractivity contribution in [3.63, 3.8) is 0 Å². The van der Waals surface area contributed by atoms with Crippen molar-refractivity contribution in [1.29, 1.82) is 0 Å². The van der Waals surface area contributed by atoms with Gasteiger partial charge in [-0.15, -0.1) is 0 Å². The van der Waals surface area contributed by atoms with Crippen LogP contribution in [0, 0.1) is 6.92 Å². The van der Waals surface area contributed by atoms with Gasteiger partial charge in [-0.3, -0.25) is 4.79 Å². The lowest BCUT2D eigenvalue weighted by atomic mass is 9.90. The molecule has 0 aliphatic carbocycles. The summed E-state index contributed by atoms with van der Waals surface area (Å²) >= 11 is 6.01. The van der Waals surface area contributed by atoms with Crippen LogP contribution in [0.5, 0.6) is 0 Å². The predicted molar refractivity (Wildman–Crippen MR) is 111 cm³/mol. The molecule has 1 fully saturated rings. The van der Waals surface area contributed by atoms with Gasteiger partial charge < -0.3 is 15.0 Å². The summed E-state index contributed by atoms with van der Waals surface area (Å²) in [5.74, 6) is 1.91. The lowest BCUT2D eigenvalue weighted by molar-refractivity contribution is -0.132. The number of nitrogens with zero attached hydrogens (tertiary/aromatic N) is 4. The molecule has 1 saturated heterocycles. The number of imidazole rings is 1. The van der Waals surface area contributed by atoms with Crippen molar-refractivity contribution in [1.82, 2.24) is 24.8 Å². The van der Waals surface area contributed by atoms with E-state index in [4.69, 9.17) is 11.6 Å². The number of fused-ring (bicyclic) bond motifs is 1. The van der Waals surface area contributed by atoms with Crippen molar-refractivity contribution < 1.29 is 9.90 Å². The first-order chi connectivity index (χ1) is 14.0. The Morgan fingerprint density at radius 2 is 2.10 bits per heavy atom. The summed E-state index contributed by atoms with van der Waals surface area (Å²) < 4.78 is 0. The highest BCUT2D eigenvalue weighted by Crippen LogP contribution is 2.29. The average molecular weight is 414 g/mol. The van der Waals surface area contributed by atoms with Gasteiger partial charge in [0.15, 0.2) is 0 Å². The second-order valence-corrected chi connectivity index (χ2v) is 7.92. The lowest BCUT2D eigenvalue weighted by Crippen LogP contribution is -2.38. The maximum Gasteiger partial charge on any atom is 0.223 e. The Morgan fingerprint density at radius 3 is 2.86 bits per heavy atom. The topological polar surface area (TPSA) is 95.0 Å². The van der Waals surface area contributed by atoms with Gasteiger partial charge in [-0.2, -0.15) is 0 Å². The first kappa shape index (κ1) is 19.8. The number of nitrogens with one attached hydrogen (secondary N) is 1. The van der Waals surface area contributed by atoms with Crippen LogP contribution in [0.15, 0.2) is 24.4 Å². The Bertz CT molecular complexity index is 1030. The van der Waals surface area contributed by atoms with Gasteiger partial charge in [0.2, 0.25) is 5.91 Å². The first-order valence-corrected chi connectivity index (χ1v) is 10.3. The summed E-state index contributed by atoms with van der Waals surface area (Å²) in [5.41, 5.74) is 3.46. The van der Waals surface area contributed by atoms with Crippen molar-refractivity contribution >= 4 is 28.5 Å². The number of aryl methyl sites for hydroxylation is 2. The number of aliphatic hydroxyl groups excluding tert-OH is 1. The van der Waals surface area contributed by atoms with E-state index in [1.54, 1.807) is 6.20 Å². The van der Waals surface area contributed by atoms with Crippen LogP contribution in [0.1, 0.15) is 48.1 Å². The maximum absolute atomic E-state index is 12.7. The largest absolute Gasteiger partial charge is 0.392 e. The second kappa shape index (κ2) is 8.47. The van der Waals surface area contributed by atoms with Crippen LogP contribution in [0.3, 0.4) is 0 Å². The zero-order valence-electron chi connectivity index (χ0n) is 16.4. The van der Waals surface area contributed by atoms with Crippen LogP contribution >= 0.6 is 11.6 Å². The number of hydrogen-bond donors (Lipinski definition) is 2. The van der Waals surface area contributed by atoms with Gasteiger partial charge in [-0.1, -0.05) is 11.6 Å². The summed E-state index contributed by atoms with van der Waals surface area (Å²) in [6.07, 6.45) is 4.39. The van der Waals surface area contributed by atoms with Crippen LogP contribution in [-0.2, 0) is 17.8 Å². The molecular formula is C21H24ClN5O2. The fourth-order valence-corrected chi connectivity index (χ4v) is 4.10. The minimum atomic E-state index is -0.0581. The van der Waals surface area contributed by atoms with Gasteiger partial charge in [0, 0.05) is 48.6 Å². The lowest BCUT2D eigenvalue weighted by Gasteiger charge is -2.32. The van der Waals surface area contributed by atoms with E-state index < -0.39 is 0 Å². The number of benzene rings is 1. The van der Waals surface area contributed by atoms with Crippen LogP contribution in [-0.4, -0.2) is 48.9 Å². The molecule has 3 heterocycles. The first-order valence-electron chi connectivity index (χ1n) is 9.88. The van der Waals surface area contributed by atoms with Gasteiger partial charge in [0.25, 0.3) is 0 Å². The molecule has 0 bridgehead atoms. The van der Waals surface area contributed by atoms with E-state index in [0.29, 0.717) is 36.8 Å². The van der Waals surface area contributed by atoms with E-state index in [1.165, 1.54) is 0 Å². The molecule has 2 aromatic heterocycles. The van der Waals surface area contributed by atoms with Crippen molar-refractivity contribution in [3.8, 4) is 0 Å². The van der Waals surface area contributed by atoms with Gasteiger partial charge in [0.05, 0.1) is 23.3 Å². The molecule has 29 heavy (non-hydrogen) atoms. The van der Waals surface area contributed by atoms with Gasteiger partial charge >= 0.3 is 0 Å². The quantitative estimate of drug-likeness (QED) is 0.670. The Morgan fingerprint density at radius 1 is 1.31 bits per heavy atom. The number of aromatic nitrogens is 4. The molecule has 0 unspecified atom stereocenters. The normalized spacial score (nSPS) is 15.2. The number of carbonyl (C=O) groups is 1. The Balaban J connectivity index is 1.33. The Hall–Kier alpha value is -2.51. The Kier molecular flexibility index (Phi) is 5.78. The molecular weight excluding hydrogens is 390 g/mol. The molecule has 1 aliphatic rings. The third-order valence-electron chi connectivity index (χ3n) is 5.49. The third kappa shape index (κ3) is 4.41. The average Bonchev–Trinajstić information content (AvgIpc) is 3.14. The number of hydrogen-bond acceptors (Lipinski definition) is 5. The van der Waals surface area contributed by atoms with Crippen molar-refractivity contribution in [2.45, 2.75) is 45.1 Å². The number of H-pyrrole nitrogens is 1. The number of halogens is 1. The standard InChI is InChI=1S/C21H24ClN5O2/c1-13-23-11-15(12-28)21(24-13)14-6-8-27(9-7-14)20(29)5-4-19-25-17-3-2-16(22)10-18(17)26-19/h2-3,10-11,14,28H,4-9,12H2,1H3,(H,25,26). The predicted octanol–water partition coefficient (Wildman–Crippen LogP) is 3.15. The molecule has 1 aliphatic heterocycles. The van der Waals surface area contributed by atoms with Crippen LogP contribution in [0.25, 0.3) is 11.0 Å². The molecule has 1 aromatic carbocycles. The summed E-state index contributed by atoms with van der Waals surface area (Å²) in [5, 5.41) is 10.2. The van der Waals surface area contributed by atoms with Crippen molar-refractivity contribution in [3.05, 3.63) is 52.3 Å². The SMILES string of the molecule is Cc1ncc(CO)c(C2CCN(C(=O)CCc3nc4ccc(Cl)cc4[nH]3)CC2)n1. The minimum absolute atomic E-state index is 0.0581. The highest BCUT2D eigenvalue weighted by atomic mass is 35.5. The smallest absolute Gasteiger partial charge is 0.223 e. The molecule has 4 rings (SSSR count). The minimum Gasteiger partial charge on any atom is -0.392 e. The second-order valence-electron chi connectivity index (χ2n) is 7.49. The summed E-state index contributed by atoms with van der Waals surface area (Å²) in [7, 11) is 0.